The van der Waals surface area contributed by atoms with Crippen LogP contribution in [0.3, 0.4) is 0 Å². The molecule has 0 aromatic heterocycles. The van der Waals surface area contributed by atoms with E-state index in [0.29, 0.717) is 28.9 Å². The molecule has 1 aliphatic rings. The normalized spacial score (nSPS) is 15.6. The summed E-state index contributed by atoms with van der Waals surface area (Å²) in [5.74, 6) is 0.546. The van der Waals surface area contributed by atoms with Crippen LogP contribution >= 0.6 is 15.9 Å². The Bertz CT molecular complexity index is 954. The van der Waals surface area contributed by atoms with Gasteiger partial charge in [-0.3, -0.25) is 4.79 Å². The molecule has 6 nitrogen and oxygen atoms in total. The van der Waals surface area contributed by atoms with Crippen molar-refractivity contribution in [2.45, 2.75) is 11.8 Å². The zero-order valence-corrected chi connectivity index (χ0v) is 17.6. The Morgan fingerprint density at radius 2 is 1.78 bits per heavy atom. The Kier molecular flexibility index (Phi) is 5.88. The van der Waals surface area contributed by atoms with E-state index in [-0.39, 0.29) is 23.9 Å². The Hall–Kier alpha value is -1.90. The Balaban J connectivity index is 1.71. The fourth-order valence-corrected chi connectivity index (χ4v) is 5.06. The van der Waals surface area contributed by atoms with Crippen LogP contribution in [0.1, 0.15) is 15.9 Å². The van der Waals surface area contributed by atoms with Gasteiger partial charge in [0.05, 0.1) is 12.0 Å². The van der Waals surface area contributed by atoms with E-state index in [9.17, 15) is 13.2 Å². The number of amides is 1. The molecule has 0 aliphatic carbocycles. The van der Waals surface area contributed by atoms with Gasteiger partial charge < -0.3 is 9.64 Å². The number of carbonyl (C=O) groups excluding carboxylic acids is 1. The van der Waals surface area contributed by atoms with E-state index < -0.39 is 10.0 Å². The minimum absolute atomic E-state index is 0.118. The third kappa shape index (κ3) is 4.17. The van der Waals surface area contributed by atoms with Crippen LogP contribution in [0.4, 0.5) is 0 Å². The summed E-state index contributed by atoms with van der Waals surface area (Å²) in [6.45, 7) is 3.15. The fourth-order valence-electron chi connectivity index (χ4n) is 3.04. The molecule has 144 valence electrons. The molecule has 0 N–H and O–H groups in total. The second-order valence-electron chi connectivity index (χ2n) is 6.34. The van der Waals surface area contributed by atoms with Crippen LogP contribution in [0.25, 0.3) is 0 Å². The highest BCUT2D eigenvalue weighted by Gasteiger charge is 2.30. The molecule has 3 rings (SSSR count). The monoisotopic (exact) mass is 452 g/mol. The summed E-state index contributed by atoms with van der Waals surface area (Å²) in [4.78, 5) is 14.7. The highest BCUT2D eigenvalue weighted by Crippen LogP contribution is 2.23. The number of benzene rings is 2. The van der Waals surface area contributed by atoms with Crippen molar-refractivity contribution >= 4 is 31.9 Å². The van der Waals surface area contributed by atoms with Crippen molar-refractivity contribution in [3.8, 4) is 5.75 Å². The Morgan fingerprint density at radius 1 is 1.07 bits per heavy atom. The minimum atomic E-state index is -3.57. The van der Waals surface area contributed by atoms with Gasteiger partial charge in [0.2, 0.25) is 10.0 Å². The third-order valence-electron chi connectivity index (χ3n) is 4.61. The zero-order valence-electron chi connectivity index (χ0n) is 15.2. The lowest BCUT2D eigenvalue weighted by Gasteiger charge is -2.34. The molecular weight excluding hydrogens is 432 g/mol. The van der Waals surface area contributed by atoms with Gasteiger partial charge in [-0.15, -0.1) is 0 Å². The summed E-state index contributed by atoms with van der Waals surface area (Å²) in [7, 11) is -2.00. The van der Waals surface area contributed by atoms with Crippen molar-refractivity contribution in [2.24, 2.45) is 0 Å². The molecule has 0 radical (unpaired) electrons. The van der Waals surface area contributed by atoms with Gasteiger partial charge in [0, 0.05) is 36.2 Å². The number of hydrogen-bond donors (Lipinski definition) is 0. The molecule has 0 bridgehead atoms. The average Bonchev–Trinajstić information content (AvgIpc) is 2.68. The predicted octanol–water partition coefficient (Wildman–Crippen LogP) is 2.91. The molecule has 0 spiro atoms. The largest absolute Gasteiger partial charge is 0.496 e. The number of hydrogen-bond acceptors (Lipinski definition) is 4. The Morgan fingerprint density at radius 3 is 2.41 bits per heavy atom. The average molecular weight is 453 g/mol. The van der Waals surface area contributed by atoms with Gasteiger partial charge in [-0.25, -0.2) is 8.42 Å². The van der Waals surface area contributed by atoms with E-state index in [4.69, 9.17) is 4.74 Å². The maximum Gasteiger partial charge on any atom is 0.254 e. The first kappa shape index (κ1) is 19.9. The van der Waals surface area contributed by atoms with Gasteiger partial charge in [-0.2, -0.15) is 4.31 Å². The minimum Gasteiger partial charge on any atom is -0.496 e. The molecule has 2 aromatic carbocycles. The van der Waals surface area contributed by atoms with E-state index in [1.165, 1.54) is 4.31 Å². The molecule has 1 fully saturated rings. The summed E-state index contributed by atoms with van der Waals surface area (Å²) in [6.07, 6.45) is 0. The quantitative estimate of drug-likeness (QED) is 0.714. The SMILES string of the molecule is COc1cc(C(=O)N2CCN(S(=O)(=O)c3cccc(Br)c3)CC2)ccc1C. The van der Waals surface area contributed by atoms with Gasteiger partial charge >= 0.3 is 0 Å². The van der Waals surface area contributed by atoms with Crippen LogP contribution < -0.4 is 4.74 Å². The van der Waals surface area contributed by atoms with Crippen molar-refractivity contribution in [2.75, 3.05) is 33.3 Å². The number of halogens is 1. The van der Waals surface area contributed by atoms with Gasteiger partial charge in [0.15, 0.2) is 0 Å². The first-order valence-electron chi connectivity index (χ1n) is 8.52. The standard InChI is InChI=1S/C19H21BrN2O4S/c1-14-6-7-15(12-18(14)26-2)19(23)21-8-10-22(11-9-21)27(24,25)17-5-3-4-16(20)13-17/h3-7,12-13H,8-11H2,1-2H3. The maximum absolute atomic E-state index is 12.8. The van der Waals surface area contributed by atoms with Gasteiger partial charge in [0.25, 0.3) is 5.91 Å². The lowest BCUT2D eigenvalue weighted by Crippen LogP contribution is -2.50. The van der Waals surface area contributed by atoms with Crippen LogP contribution in [0.2, 0.25) is 0 Å². The van der Waals surface area contributed by atoms with Crippen molar-refractivity contribution in [3.05, 3.63) is 58.1 Å². The number of nitrogens with zero attached hydrogens (tertiary/aromatic N) is 2. The van der Waals surface area contributed by atoms with E-state index in [1.54, 1.807) is 48.4 Å². The number of rotatable bonds is 4. The summed E-state index contributed by atoms with van der Waals surface area (Å²) < 4.78 is 33.0. The second-order valence-corrected chi connectivity index (χ2v) is 9.19. The summed E-state index contributed by atoms with van der Waals surface area (Å²) in [6, 6.07) is 12.0. The Labute approximate surface area is 167 Å². The highest BCUT2D eigenvalue weighted by molar-refractivity contribution is 9.10. The second kappa shape index (κ2) is 8.00. The molecule has 2 aromatic rings. The molecule has 1 aliphatic heterocycles. The van der Waals surface area contributed by atoms with E-state index in [2.05, 4.69) is 15.9 Å². The molecule has 27 heavy (non-hydrogen) atoms. The maximum atomic E-state index is 12.8. The van der Waals surface area contributed by atoms with Crippen molar-refractivity contribution in [3.63, 3.8) is 0 Å². The summed E-state index contributed by atoms with van der Waals surface area (Å²) in [5.41, 5.74) is 1.50. The highest BCUT2D eigenvalue weighted by atomic mass is 79.9. The van der Waals surface area contributed by atoms with E-state index in [0.717, 1.165) is 5.56 Å². The first-order valence-corrected chi connectivity index (χ1v) is 10.8. The number of methoxy groups -OCH3 is 1. The summed E-state index contributed by atoms with van der Waals surface area (Å²) in [5, 5.41) is 0. The van der Waals surface area contributed by atoms with Gasteiger partial charge in [-0.05, 0) is 42.8 Å². The van der Waals surface area contributed by atoms with Gasteiger partial charge in [0.1, 0.15) is 5.75 Å². The van der Waals surface area contributed by atoms with Crippen LogP contribution in [0.5, 0.6) is 5.75 Å². The van der Waals surface area contributed by atoms with Crippen LogP contribution in [-0.4, -0.2) is 56.8 Å². The van der Waals surface area contributed by atoms with Crippen molar-refractivity contribution in [1.82, 2.24) is 9.21 Å². The van der Waals surface area contributed by atoms with Crippen LogP contribution in [0, 0.1) is 6.92 Å². The topological polar surface area (TPSA) is 66.9 Å². The smallest absolute Gasteiger partial charge is 0.254 e. The zero-order chi connectivity index (χ0) is 19.6. The molecule has 1 heterocycles. The van der Waals surface area contributed by atoms with Crippen molar-refractivity contribution < 1.29 is 17.9 Å². The first-order chi connectivity index (χ1) is 12.8. The molecule has 0 atom stereocenters. The molecule has 1 amide bonds. The number of carbonyl (C=O) groups is 1. The fraction of sp³-hybridized carbons (Fsp3) is 0.316. The molecule has 0 saturated carbocycles. The number of sulfonamides is 1. The number of aryl methyl sites for hydroxylation is 1. The van der Waals surface area contributed by atoms with Gasteiger partial charge in [-0.1, -0.05) is 28.1 Å². The lowest BCUT2D eigenvalue weighted by atomic mass is 10.1. The van der Waals surface area contributed by atoms with Crippen molar-refractivity contribution in [1.29, 1.82) is 0 Å². The predicted molar refractivity (Wildman–Crippen MR) is 107 cm³/mol. The van der Waals surface area contributed by atoms with E-state index in [1.807, 2.05) is 13.0 Å². The van der Waals surface area contributed by atoms with E-state index >= 15 is 0 Å². The third-order valence-corrected chi connectivity index (χ3v) is 7.00. The number of piperazine rings is 1. The van der Waals surface area contributed by atoms with Crippen LogP contribution in [0.15, 0.2) is 51.8 Å². The van der Waals surface area contributed by atoms with Crippen LogP contribution in [-0.2, 0) is 10.0 Å². The number of ether oxygens (including phenoxy) is 1. The molecular formula is C19H21BrN2O4S. The summed E-state index contributed by atoms with van der Waals surface area (Å²) >= 11 is 3.30. The molecule has 8 heteroatoms. The lowest BCUT2D eigenvalue weighted by molar-refractivity contribution is 0.0697. The molecule has 0 unspecified atom stereocenters. The molecule has 1 saturated heterocycles.